The number of hydrogen-bond acceptors (Lipinski definition) is 4. The van der Waals surface area contributed by atoms with Crippen molar-refractivity contribution >= 4 is 5.97 Å². The largest absolute Gasteiger partial charge is 0.465 e. The summed E-state index contributed by atoms with van der Waals surface area (Å²) in [6.07, 6.45) is -4.48. The summed E-state index contributed by atoms with van der Waals surface area (Å²) in [5.41, 5.74) is -1.71. The highest BCUT2D eigenvalue weighted by molar-refractivity contribution is 5.79. The minimum atomic E-state index is -4.48. The lowest BCUT2D eigenvalue weighted by molar-refractivity contribution is -0.183. The van der Waals surface area contributed by atoms with Gasteiger partial charge in [-0.2, -0.15) is 18.4 Å². The van der Waals surface area contributed by atoms with E-state index in [4.69, 9.17) is 5.26 Å². The van der Waals surface area contributed by atoms with Crippen molar-refractivity contribution in [2.75, 3.05) is 19.8 Å². The fourth-order valence-corrected chi connectivity index (χ4v) is 0.798. The van der Waals surface area contributed by atoms with Crippen LogP contribution < -0.4 is 0 Å². The van der Waals surface area contributed by atoms with Gasteiger partial charge < -0.3 is 9.47 Å². The minimum absolute atomic E-state index is 0.0510. The molecule has 0 saturated carbocycles. The van der Waals surface area contributed by atoms with Gasteiger partial charge in [0, 0.05) is 0 Å². The molecular formula is C9H12F3NO3. The molecule has 0 aromatic heterocycles. The maximum Gasteiger partial charge on any atom is 0.411 e. The highest BCUT2D eigenvalue weighted by atomic mass is 19.4. The average Bonchev–Trinajstić information content (AvgIpc) is 2.15. The number of alkyl halides is 3. The molecule has 0 heterocycles. The molecule has 7 heteroatoms. The molecule has 4 nitrogen and oxygen atoms in total. The summed E-state index contributed by atoms with van der Waals surface area (Å²) < 4.78 is 44.1. The van der Waals surface area contributed by atoms with Gasteiger partial charge in [-0.05, 0) is 13.8 Å². The Morgan fingerprint density at radius 2 is 1.94 bits per heavy atom. The van der Waals surface area contributed by atoms with Crippen molar-refractivity contribution < 1.29 is 27.4 Å². The summed E-state index contributed by atoms with van der Waals surface area (Å²) in [5, 5.41) is 8.70. The normalized spacial score (nSPS) is 15.0. The third-order valence-electron chi connectivity index (χ3n) is 1.63. The summed E-state index contributed by atoms with van der Waals surface area (Å²) in [6, 6.07) is 1.58. The third kappa shape index (κ3) is 4.98. The fraction of sp³-hybridized carbons (Fsp3) is 0.778. The van der Waals surface area contributed by atoms with E-state index in [0.29, 0.717) is 0 Å². The van der Waals surface area contributed by atoms with E-state index in [1.165, 1.54) is 13.8 Å². The number of nitrogens with zero attached hydrogens (tertiary/aromatic N) is 1. The topological polar surface area (TPSA) is 59.3 Å². The molecule has 0 spiro atoms. The van der Waals surface area contributed by atoms with Crippen LogP contribution >= 0.6 is 0 Å². The number of halogens is 3. The zero-order valence-corrected chi connectivity index (χ0v) is 8.93. The van der Waals surface area contributed by atoms with Gasteiger partial charge in [0.2, 0.25) is 0 Å². The summed E-state index contributed by atoms with van der Waals surface area (Å²) in [7, 11) is 0. The quantitative estimate of drug-likeness (QED) is 0.684. The molecule has 0 radical (unpaired) electrons. The number of esters is 1. The molecule has 0 amide bonds. The number of carbonyl (C=O) groups excluding carboxylic acids is 1. The van der Waals surface area contributed by atoms with Gasteiger partial charge in [0.1, 0.15) is 6.61 Å². The van der Waals surface area contributed by atoms with E-state index in [1.807, 2.05) is 0 Å². The van der Waals surface area contributed by atoms with Crippen molar-refractivity contribution in [1.29, 1.82) is 5.26 Å². The Kier molecular flexibility index (Phi) is 5.24. The minimum Gasteiger partial charge on any atom is -0.465 e. The average molecular weight is 239 g/mol. The zero-order chi connectivity index (χ0) is 12.8. The first-order valence-corrected chi connectivity index (χ1v) is 4.48. The molecule has 0 bridgehead atoms. The van der Waals surface area contributed by atoms with E-state index in [-0.39, 0.29) is 6.61 Å². The predicted molar refractivity (Wildman–Crippen MR) is 47.2 cm³/mol. The van der Waals surface area contributed by atoms with Crippen molar-refractivity contribution in [3.05, 3.63) is 0 Å². The van der Waals surface area contributed by atoms with Gasteiger partial charge in [0.25, 0.3) is 0 Å². The lowest BCUT2D eigenvalue weighted by atomic mass is 9.94. The molecule has 0 aromatic rings. The number of carbonyl (C=O) groups is 1. The summed E-state index contributed by atoms with van der Waals surface area (Å²) in [5.74, 6) is -0.889. The standard InChI is InChI=1S/C9H12F3NO3/c1-3-16-7(14)8(2,4-13)5-15-6-9(10,11)12/h3,5-6H2,1-2H3. The SMILES string of the molecule is CCOC(=O)C(C)(C#N)COCC(F)(F)F. The zero-order valence-electron chi connectivity index (χ0n) is 8.93. The third-order valence-corrected chi connectivity index (χ3v) is 1.63. The van der Waals surface area contributed by atoms with E-state index in [2.05, 4.69) is 9.47 Å². The van der Waals surface area contributed by atoms with Crippen LogP contribution in [0.15, 0.2) is 0 Å². The monoisotopic (exact) mass is 239 g/mol. The van der Waals surface area contributed by atoms with E-state index >= 15 is 0 Å². The predicted octanol–water partition coefficient (Wildman–Crippen LogP) is 1.66. The molecule has 1 atom stereocenters. The Balaban J connectivity index is 4.29. The van der Waals surface area contributed by atoms with Crippen molar-refractivity contribution in [3.8, 4) is 6.07 Å². The van der Waals surface area contributed by atoms with Crippen molar-refractivity contribution in [2.24, 2.45) is 5.41 Å². The van der Waals surface area contributed by atoms with E-state index in [9.17, 15) is 18.0 Å². The molecule has 0 aliphatic carbocycles. The highest BCUT2D eigenvalue weighted by Gasteiger charge is 2.37. The second kappa shape index (κ2) is 5.70. The molecule has 1 unspecified atom stereocenters. The van der Waals surface area contributed by atoms with Crippen LogP contribution in [0.3, 0.4) is 0 Å². The van der Waals surface area contributed by atoms with Gasteiger partial charge >= 0.3 is 12.1 Å². The molecule has 0 N–H and O–H groups in total. The first-order valence-electron chi connectivity index (χ1n) is 4.48. The van der Waals surface area contributed by atoms with Gasteiger partial charge in [-0.3, -0.25) is 4.79 Å². The molecule has 16 heavy (non-hydrogen) atoms. The van der Waals surface area contributed by atoms with Crippen LogP contribution in [0.1, 0.15) is 13.8 Å². The van der Waals surface area contributed by atoms with Crippen LogP contribution in [0.4, 0.5) is 13.2 Å². The van der Waals surface area contributed by atoms with Crippen molar-refractivity contribution in [2.45, 2.75) is 20.0 Å². The van der Waals surface area contributed by atoms with E-state index in [1.54, 1.807) is 6.07 Å². The van der Waals surface area contributed by atoms with Crippen LogP contribution in [0, 0.1) is 16.7 Å². The van der Waals surface area contributed by atoms with Crippen LogP contribution in [0.25, 0.3) is 0 Å². The van der Waals surface area contributed by atoms with Crippen molar-refractivity contribution in [1.82, 2.24) is 0 Å². The van der Waals surface area contributed by atoms with Crippen molar-refractivity contribution in [3.63, 3.8) is 0 Å². The molecule has 0 aromatic carbocycles. The second-order valence-electron chi connectivity index (χ2n) is 3.27. The number of hydrogen-bond donors (Lipinski definition) is 0. The molecule has 0 saturated heterocycles. The van der Waals surface area contributed by atoms with E-state index < -0.39 is 30.8 Å². The second-order valence-corrected chi connectivity index (χ2v) is 3.27. The first-order chi connectivity index (χ1) is 7.25. The Labute approximate surface area is 90.9 Å². The molecule has 0 rings (SSSR count). The molecule has 0 fully saturated rings. The van der Waals surface area contributed by atoms with Gasteiger partial charge in [0.15, 0.2) is 5.41 Å². The van der Waals surface area contributed by atoms with Gasteiger partial charge in [0.05, 0.1) is 19.3 Å². The molecule has 0 aliphatic rings. The number of ether oxygens (including phenoxy) is 2. The smallest absolute Gasteiger partial charge is 0.411 e. The lowest BCUT2D eigenvalue weighted by Gasteiger charge is -2.19. The lowest BCUT2D eigenvalue weighted by Crippen LogP contribution is -2.34. The van der Waals surface area contributed by atoms with E-state index in [0.717, 1.165) is 0 Å². The fourth-order valence-electron chi connectivity index (χ4n) is 0.798. The Morgan fingerprint density at radius 3 is 2.31 bits per heavy atom. The van der Waals surface area contributed by atoms with Gasteiger partial charge in [-0.25, -0.2) is 0 Å². The maximum absolute atomic E-state index is 11.8. The Bertz CT molecular complexity index is 285. The molecule has 92 valence electrons. The van der Waals surface area contributed by atoms with Crippen LogP contribution in [0.5, 0.6) is 0 Å². The first kappa shape index (κ1) is 14.7. The summed E-state index contributed by atoms with van der Waals surface area (Å²) in [6.45, 7) is 0.606. The Hall–Kier alpha value is -1.29. The van der Waals surface area contributed by atoms with Crippen LogP contribution in [-0.2, 0) is 14.3 Å². The van der Waals surface area contributed by atoms with Gasteiger partial charge in [-0.1, -0.05) is 0 Å². The molecule has 0 aliphatic heterocycles. The Morgan fingerprint density at radius 1 is 1.38 bits per heavy atom. The summed E-state index contributed by atoms with van der Waals surface area (Å²) in [4.78, 5) is 11.2. The number of rotatable bonds is 5. The number of nitriles is 1. The van der Waals surface area contributed by atoms with Crippen LogP contribution in [0.2, 0.25) is 0 Å². The molecular weight excluding hydrogens is 227 g/mol. The summed E-state index contributed by atoms with van der Waals surface area (Å²) >= 11 is 0. The highest BCUT2D eigenvalue weighted by Crippen LogP contribution is 2.20. The maximum atomic E-state index is 11.8. The van der Waals surface area contributed by atoms with Gasteiger partial charge in [-0.15, -0.1) is 0 Å². The van der Waals surface area contributed by atoms with Crippen LogP contribution in [-0.4, -0.2) is 32.0 Å².